The van der Waals surface area contributed by atoms with Gasteiger partial charge in [0.15, 0.2) is 11.5 Å². The summed E-state index contributed by atoms with van der Waals surface area (Å²) in [6.45, 7) is 6.42. The van der Waals surface area contributed by atoms with Gasteiger partial charge < -0.3 is 29.6 Å². The maximum Gasteiger partial charge on any atom is 0.270 e. The van der Waals surface area contributed by atoms with E-state index in [2.05, 4.69) is 41.3 Å². The van der Waals surface area contributed by atoms with Crippen molar-refractivity contribution in [3.8, 4) is 11.5 Å². The Balaban J connectivity index is 1.40. The number of likely N-dealkylation sites (N-methyl/N-ethyl adjacent to an activating group) is 1. The van der Waals surface area contributed by atoms with Crippen molar-refractivity contribution in [2.75, 3.05) is 46.9 Å². The molecule has 2 aromatic rings. The predicted molar refractivity (Wildman–Crippen MR) is 124 cm³/mol. The third-order valence-corrected chi connectivity index (χ3v) is 9.31. The zero-order chi connectivity index (χ0) is 22.5. The molecular weight excluding hydrogens is 416 g/mol. The predicted octanol–water partition coefficient (Wildman–Crippen LogP) is 2.18. The lowest BCUT2D eigenvalue weighted by atomic mass is 9.51. The van der Waals surface area contributed by atoms with Gasteiger partial charge in [-0.05, 0) is 68.5 Å². The maximum atomic E-state index is 13.5. The minimum absolute atomic E-state index is 0.0473. The SMILES string of the molecule is COc1ccc2c3c1O[C@H]1c4[nH]c(C(=O)N5CCNCC5)c(C)c4C[C@H]4[C@@H](C2)N(C)CC[C@]314. The molecule has 1 amide bonds. The Morgan fingerprint density at radius 3 is 2.82 bits per heavy atom. The van der Waals surface area contributed by atoms with E-state index < -0.39 is 0 Å². The molecule has 2 fully saturated rings. The summed E-state index contributed by atoms with van der Waals surface area (Å²) < 4.78 is 12.6. The first-order valence-corrected chi connectivity index (χ1v) is 12.3. The quantitative estimate of drug-likeness (QED) is 0.737. The van der Waals surface area contributed by atoms with Crippen LogP contribution in [0.1, 0.15) is 51.0 Å². The van der Waals surface area contributed by atoms with Gasteiger partial charge in [-0.1, -0.05) is 6.07 Å². The molecular formula is C26H32N4O3. The molecule has 7 rings (SSSR count). The first kappa shape index (κ1) is 19.9. The summed E-state index contributed by atoms with van der Waals surface area (Å²) in [5.74, 6) is 2.36. The normalized spacial score (nSPS) is 31.6. The number of nitrogens with one attached hydrogen (secondary N) is 2. The number of aromatic amines is 1. The van der Waals surface area contributed by atoms with Gasteiger partial charge in [0.05, 0.1) is 12.8 Å². The molecule has 0 radical (unpaired) electrons. The first-order valence-electron chi connectivity index (χ1n) is 12.3. The molecule has 2 bridgehead atoms. The average molecular weight is 449 g/mol. The van der Waals surface area contributed by atoms with Gasteiger partial charge in [0.1, 0.15) is 11.8 Å². The van der Waals surface area contributed by atoms with E-state index in [4.69, 9.17) is 9.47 Å². The van der Waals surface area contributed by atoms with Crippen molar-refractivity contribution in [3.05, 3.63) is 45.8 Å². The maximum absolute atomic E-state index is 13.5. The van der Waals surface area contributed by atoms with Crippen molar-refractivity contribution in [1.29, 1.82) is 0 Å². The third-order valence-electron chi connectivity index (χ3n) is 9.31. The number of piperidine rings is 1. The summed E-state index contributed by atoms with van der Waals surface area (Å²) in [5, 5.41) is 3.34. The van der Waals surface area contributed by atoms with Crippen LogP contribution >= 0.6 is 0 Å². The van der Waals surface area contributed by atoms with E-state index in [1.54, 1.807) is 7.11 Å². The summed E-state index contributed by atoms with van der Waals surface area (Å²) in [7, 11) is 4.00. The van der Waals surface area contributed by atoms with Crippen LogP contribution in [0.15, 0.2) is 12.1 Å². The number of piperazine rings is 1. The molecule has 2 N–H and O–H groups in total. The Kier molecular flexibility index (Phi) is 4.08. The van der Waals surface area contributed by atoms with Gasteiger partial charge in [-0.2, -0.15) is 0 Å². The van der Waals surface area contributed by atoms with Gasteiger partial charge in [-0.15, -0.1) is 0 Å². The molecule has 7 heteroatoms. The van der Waals surface area contributed by atoms with Crippen LogP contribution in [0.2, 0.25) is 0 Å². The van der Waals surface area contributed by atoms with Crippen LogP contribution in [-0.2, 0) is 18.3 Å². The number of aromatic nitrogens is 1. The van der Waals surface area contributed by atoms with Crippen LogP contribution in [0.3, 0.4) is 0 Å². The van der Waals surface area contributed by atoms with Gasteiger partial charge in [0.2, 0.25) is 0 Å². The zero-order valence-electron chi connectivity index (χ0n) is 19.7. The molecule has 2 aliphatic carbocycles. The number of H-pyrrole nitrogens is 1. The van der Waals surface area contributed by atoms with E-state index in [9.17, 15) is 4.79 Å². The number of likely N-dealkylation sites (tertiary alicyclic amines) is 1. The minimum atomic E-state index is -0.0870. The van der Waals surface area contributed by atoms with Gasteiger partial charge in [0.25, 0.3) is 5.91 Å². The Morgan fingerprint density at radius 1 is 1.21 bits per heavy atom. The Bertz CT molecular complexity index is 1170. The molecule has 0 saturated carbocycles. The minimum Gasteiger partial charge on any atom is -0.493 e. The van der Waals surface area contributed by atoms with E-state index >= 15 is 0 Å². The summed E-state index contributed by atoms with van der Waals surface area (Å²) in [4.78, 5) is 21.6. The van der Waals surface area contributed by atoms with Crippen LogP contribution in [0.4, 0.5) is 0 Å². The monoisotopic (exact) mass is 448 g/mol. The van der Waals surface area contributed by atoms with Crippen LogP contribution in [0, 0.1) is 12.8 Å². The second-order valence-corrected chi connectivity index (χ2v) is 10.5. The fourth-order valence-electron chi connectivity index (χ4n) is 7.68. The number of carbonyl (C=O) groups is 1. The average Bonchev–Trinajstić information content (AvgIpc) is 3.36. The molecule has 5 aliphatic rings. The van der Waals surface area contributed by atoms with E-state index in [0.717, 1.165) is 80.4 Å². The van der Waals surface area contributed by atoms with Crippen molar-refractivity contribution in [3.63, 3.8) is 0 Å². The number of fused-ring (bicyclic) bond motifs is 2. The van der Waals surface area contributed by atoms with Crippen LogP contribution in [0.5, 0.6) is 11.5 Å². The Hall–Kier alpha value is -2.51. The highest BCUT2D eigenvalue weighted by atomic mass is 16.5. The number of hydrogen-bond acceptors (Lipinski definition) is 5. The van der Waals surface area contributed by atoms with Crippen molar-refractivity contribution in [1.82, 2.24) is 20.1 Å². The van der Waals surface area contributed by atoms with Crippen molar-refractivity contribution in [2.24, 2.45) is 5.92 Å². The van der Waals surface area contributed by atoms with Gasteiger partial charge in [-0.3, -0.25) is 4.79 Å². The molecule has 33 heavy (non-hydrogen) atoms. The highest BCUT2D eigenvalue weighted by Crippen LogP contribution is 2.67. The summed E-state index contributed by atoms with van der Waals surface area (Å²) in [6.07, 6.45) is 3.03. The highest BCUT2D eigenvalue weighted by Gasteiger charge is 2.65. The summed E-state index contributed by atoms with van der Waals surface area (Å²) in [5.41, 5.74) is 7.03. The number of amides is 1. The molecule has 4 heterocycles. The molecule has 2 saturated heterocycles. The molecule has 0 unspecified atom stereocenters. The summed E-state index contributed by atoms with van der Waals surface area (Å²) in [6, 6.07) is 4.81. The van der Waals surface area contributed by atoms with Gasteiger partial charge in [-0.25, -0.2) is 0 Å². The smallest absolute Gasteiger partial charge is 0.270 e. The molecule has 7 nitrogen and oxygen atoms in total. The van der Waals surface area contributed by atoms with Crippen LogP contribution in [-0.4, -0.2) is 73.6 Å². The first-order chi connectivity index (χ1) is 16.0. The van der Waals surface area contributed by atoms with Gasteiger partial charge >= 0.3 is 0 Å². The molecule has 174 valence electrons. The number of ether oxygens (including phenoxy) is 2. The molecule has 1 aromatic carbocycles. The largest absolute Gasteiger partial charge is 0.493 e. The number of benzene rings is 1. The number of rotatable bonds is 2. The fourth-order valence-corrected chi connectivity index (χ4v) is 7.68. The second-order valence-electron chi connectivity index (χ2n) is 10.5. The lowest BCUT2D eigenvalue weighted by Crippen LogP contribution is -2.62. The van der Waals surface area contributed by atoms with Crippen molar-refractivity contribution in [2.45, 2.75) is 43.7 Å². The molecule has 4 atom stereocenters. The van der Waals surface area contributed by atoms with E-state index in [-0.39, 0.29) is 17.4 Å². The van der Waals surface area contributed by atoms with E-state index in [1.807, 2.05) is 4.90 Å². The van der Waals surface area contributed by atoms with Crippen molar-refractivity contribution >= 4 is 5.91 Å². The molecule has 1 spiro atoms. The molecule has 3 aliphatic heterocycles. The van der Waals surface area contributed by atoms with Crippen LogP contribution < -0.4 is 14.8 Å². The molecule has 1 aromatic heterocycles. The number of hydrogen-bond donors (Lipinski definition) is 2. The highest BCUT2D eigenvalue weighted by molar-refractivity contribution is 5.94. The Labute approximate surface area is 194 Å². The standard InChI is InChI=1S/C26H32N4O3/c1-14-16-13-17-18-12-15-4-5-19(32-3)23-20(15)26(17,6-9-29(18)2)24(33-23)22(16)28-21(14)25(31)30-10-7-27-8-11-30/h4-5,17-18,24,27-28H,6-13H2,1-3H3/t17-,18+,24-,26-/m0/s1. The second kappa shape index (κ2) is 6.76. The number of nitrogens with zero attached hydrogens (tertiary/aromatic N) is 2. The van der Waals surface area contributed by atoms with Gasteiger partial charge in [0, 0.05) is 43.2 Å². The summed E-state index contributed by atoms with van der Waals surface area (Å²) >= 11 is 0. The lowest BCUT2D eigenvalue weighted by Gasteiger charge is -2.57. The van der Waals surface area contributed by atoms with E-state index in [0.29, 0.717) is 12.0 Å². The van der Waals surface area contributed by atoms with Crippen LogP contribution in [0.25, 0.3) is 0 Å². The number of methoxy groups -OCH3 is 1. The Morgan fingerprint density at radius 2 is 2.03 bits per heavy atom. The third kappa shape index (κ3) is 2.39. The fraction of sp³-hybridized carbons (Fsp3) is 0.577. The van der Waals surface area contributed by atoms with Crippen molar-refractivity contribution < 1.29 is 14.3 Å². The number of carbonyl (C=O) groups excluding carboxylic acids is 1. The topological polar surface area (TPSA) is 69.8 Å². The lowest BCUT2D eigenvalue weighted by molar-refractivity contribution is -0.0256. The zero-order valence-corrected chi connectivity index (χ0v) is 19.7. The van der Waals surface area contributed by atoms with E-state index in [1.165, 1.54) is 16.7 Å².